The summed E-state index contributed by atoms with van der Waals surface area (Å²) in [5.41, 5.74) is 0.635. The second-order valence-electron chi connectivity index (χ2n) is 5.52. The summed E-state index contributed by atoms with van der Waals surface area (Å²) in [6.07, 6.45) is 2.87. The summed E-state index contributed by atoms with van der Waals surface area (Å²) in [4.78, 5) is 12.0. The lowest BCUT2D eigenvalue weighted by Gasteiger charge is -2.08. The number of nitrogens with one attached hydrogen (secondary N) is 2. The van der Waals surface area contributed by atoms with Crippen LogP contribution in [0.1, 0.15) is 19.3 Å². The molecule has 1 atom stereocenters. The van der Waals surface area contributed by atoms with Crippen LogP contribution in [-0.4, -0.2) is 41.1 Å². The standard InChI is InChI=1S/C16H19ClN4O2S2/c17-12-5-1-2-6-13(12)19-14(22)7-9-24-16-21-20-15(25-16)18-10-11-4-3-8-23-11/h1-2,5-6,11H,3-4,7-10H2,(H,18,20)(H,19,22). The molecular weight excluding hydrogens is 380 g/mol. The quantitative estimate of drug-likeness (QED) is 0.656. The number of hydrogen-bond acceptors (Lipinski definition) is 7. The first-order chi connectivity index (χ1) is 12.2. The maximum atomic E-state index is 12.0. The molecule has 2 heterocycles. The van der Waals surface area contributed by atoms with Crippen molar-refractivity contribution in [2.45, 2.75) is 29.7 Å². The molecule has 1 aliphatic rings. The average molecular weight is 399 g/mol. The number of amides is 1. The van der Waals surface area contributed by atoms with Crippen LogP contribution in [0.2, 0.25) is 5.02 Å². The predicted molar refractivity (Wildman–Crippen MR) is 103 cm³/mol. The van der Waals surface area contributed by atoms with Crippen LogP contribution in [0.25, 0.3) is 0 Å². The van der Waals surface area contributed by atoms with E-state index in [9.17, 15) is 4.79 Å². The number of anilines is 2. The van der Waals surface area contributed by atoms with Gasteiger partial charge in [0.1, 0.15) is 0 Å². The van der Waals surface area contributed by atoms with Crippen molar-refractivity contribution in [3.8, 4) is 0 Å². The molecule has 0 radical (unpaired) electrons. The monoisotopic (exact) mass is 398 g/mol. The summed E-state index contributed by atoms with van der Waals surface area (Å²) < 4.78 is 6.41. The van der Waals surface area contributed by atoms with Gasteiger partial charge >= 0.3 is 0 Å². The van der Waals surface area contributed by atoms with E-state index in [0.717, 1.165) is 35.5 Å². The fraction of sp³-hybridized carbons (Fsp3) is 0.438. The molecule has 6 nitrogen and oxygen atoms in total. The Morgan fingerprint density at radius 1 is 1.40 bits per heavy atom. The van der Waals surface area contributed by atoms with Gasteiger partial charge in [0.2, 0.25) is 11.0 Å². The molecule has 2 aromatic rings. The number of carbonyl (C=O) groups is 1. The highest BCUT2D eigenvalue weighted by Crippen LogP contribution is 2.27. The summed E-state index contributed by atoms with van der Waals surface area (Å²) in [5.74, 6) is 0.568. The summed E-state index contributed by atoms with van der Waals surface area (Å²) in [5, 5.41) is 15.6. The van der Waals surface area contributed by atoms with E-state index in [0.29, 0.717) is 22.9 Å². The molecule has 1 aliphatic heterocycles. The van der Waals surface area contributed by atoms with E-state index in [1.807, 2.05) is 12.1 Å². The van der Waals surface area contributed by atoms with Crippen LogP contribution in [0.3, 0.4) is 0 Å². The first-order valence-electron chi connectivity index (χ1n) is 8.07. The van der Waals surface area contributed by atoms with Crippen LogP contribution < -0.4 is 10.6 Å². The van der Waals surface area contributed by atoms with Gasteiger partial charge in [0, 0.05) is 25.3 Å². The van der Waals surface area contributed by atoms with E-state index in [2.05, 4.69) is 20.8 Å². The van der Waals surface area contributed by atoms with Gasteiger partial charge in [-0.05, 0) is 25.0 Å². The maximum Gasteiger partial charge on any atom is 0.225 e. The number of benzene rings is 1. The number of rotatable bonds is 8. The smallest absolute Gasteiger partial charge is 0.225 e. The highest BCUT2D eigenvalue weighted by Gasteiger charge is 2.16. The van der Waals surface area contributed by atoms with Crippen molar-refractivity contribution in [3.63, 3.8) is 0 Å². The summed E-state index contributed by atoms with van der Waals surface area (Å²) in [6.45, 7) is 1.61. The van der Waals surface area contributed by atoms with Crippen molar-refractivity contribution in [3.05, 3.63) is 29.3 Å². The molecule has 3 rings (SSSR count). The molecule has 9 heteroatoms. The maximum absolute atomic E-state index is 12.0. The molecule has 1 saturated heterocycles. The van der Waals surface area contributed by atoms with Crippen molar-refractivity contribution in [2.24, 2.45) is 0 Å². The molecule has 0 spiro atoms. The van der Waals surface area contributed by atoms with E-state index >= 15 is 0 Å². The molecule has 1 fully saturated rings. The Morgan fingerprint density at radius 2 is 2.28 bits per heavy atom. The fourth-order valence-corrected chi connectivity index (χ4v) is 4.30. The second-order valence-corrected chi connectivity index (χ2v) is 8.24. The number of nitrogens with zero attached hydrogens (tertiary/aromatic N) is 2. The van der Waals surface area contributed by atoms with E-state index in [4.69, 9.17) is 16.3 Å². The third-order valence-corrected chi connectivity index (χ3v) is 5.96. The summed E-state index contributed by atoms with van der Waals surface area (Å²) in [6, 6.07) is 7.19. The molecule has 1 aromatic carbocycles. The summed E-state index contributed by atoms with van der Waals surface area (Å²) >= 11 is 9.04. The van der Waals surface area contributed by atoms with Crippen LogP contribution in [0.4, 0.5) is 10.8 Å². The van der Waals surface area contributed by atoms with Gasteiger partial charge < -0.3 is 15.4 Å². The Bertz CT molecular complexity index is 707. The lowest BCUT2D eigenvalue weighted by Crippen LogP contribution is -2.18. The molecule has 1 aromatic heterocycles. The highest BCUT2D eigenvalue weighted by atomic mass is 35.5. The minimum Gasteiger partial charge on any atom is -0.376 e. The van der Waals surface area contributed by atoms with Crippen LogP contribution in [-0.2, 0) is 9.53 Å². The fourth-order valence-electron chi connectivity index (χ4n) is 2.35. The third-order valence-electron chi connectivity index (χ3n) is 3.61. The van der Waals surface area contributed by atoms with Crippen molar-refractivity contribution in [1.29, 1.82) is 0 Å². The molecule has 1 amide bonds. The van der Waals surface area contributed by atoms with E-state index < -0.39 is 0 Å². The van der Waals surface area contributed by atoms with Crippen LogP contribution in [0, 0.1) is 0 Å². The molecule has 0 saturated carbocycles. The van der Waals surface area contributed by atoms with Gasteiger partial charge in [-0.25, -0.2) is 0 Å². The number of hydrogen-bond donors (Lipinski definition) is 2. The zero-order chi connectivity index (χ0) is 17.5. The SMILES string of the molecule is O=C(CCSc1nnc(NCC2CCCO2)s1)Nc1ccccc1Cl. The Balaban J connectivity index is 1.37. The normalized spacial score (nSPS) is 16.8. The van der Waals surface area contributed by atoms with Gasteiger partial charge in [0.25, 0.3) is 0 Å². The second kappa shape index (κ2) is 9.38. The number of thioether (sulfide) groups is 1. The van der Waals surface area contributed by atoms with Crippen molar-refractivity contribution < 1.29 is 9.53 Å². The van der Waals surface area contributed by atoms with E-state index in [1.165, 1.54) is 23.1 Å². The topological polar surface area (TPSA) is 76.1 Å². The number of aromatic nitrogens is 2. The molecule has 134 valence electrons. The van der Waals surface area contributed by atoms with E-state index in [-0.39, 0.29) is 12.0 Å². The number of carbonyl (C=O) groups excluding carboxylic acids is 1. The first kappa shape index (κ1) is 18.4. The van der Waals surface area contributed by atoms with Gasteiger partial charge in [0.05, 0.1) is 16.8 Å². The van der Waals surface area contributed by atoms with Gasteiger partial charge in [-0.3, -0.25) is 4.79 Å². The Labute approximate surface area is 159 Å². The van der Waals surface area contributed by atoms with Gasteiger partial charge in [0.15, 0.2) is 4.34 Å². The zero-order valence-electron chi connectivity index (χ0n) is 13.5. The highest BCUT2D eigenvalue weighted by molar-refractivity contribution is 8.01. The van der Waals surface area contributed by atoms with Crippen LogP contribution in [0.5, 0.6) is 0 Å². The minimum atomic E-state index is -0.0677. The van der Waals surface area contributed by atoms with E-state index in [1.54, 1.807) is 12.1 Å². The largest absolute Gasteiger partial charge is 0.376 e. The Hall–Kier alpha value is -1.35. The van der Waals surface area contributed by atoms with Crippen LogP contribution in [0.15, 0.2) is 28.6 Å². The molecular formula is C16H19ClN4O2S2. The molecule has 1 unspecified atom stereocenters. The molecule has 25 heavy (non-hydrogen) atoms. The minimum absolute atomic E-state index is 0.0677. The number of ether oxygens (including phenoxy) is 1. The van der Waals surface area contributed by atoms with Crippen LogP contribution >= 0.6 is 34.7 Å². The zero-order valence-corrected chi connectivity index (χ0v) is 15.9. The van der Waals surface area contributed by atoms with Gasteiger partial charge in [-0.1, -0.05) is 46.8 Å². The lowest BCUT2D eigenvalue weighted by atomic mass is 10.2. The van der Waals surface area contributed by atoms with Crippen molar-refractivity contribution >= 4 is 51.4 Å². The number of halogens is 1. The molecule has 0 aliphatic carbocycles. The van der Waals surface area contributed by atoms with Crippen molar-refractivity contribution in [2.75, 3.05) is 29.5 Å². The third kappa shape index (κ3) is 5.85. The first-order valence-corrected chi connectivity index (χ1v) is 10.2. The van der Waals surface area contributed by atoms with Gasteiger partial charge in [-0.2, -0.15) is 0 Å². The Kier molecular flexibility index (Phi) is 6.92. The predicted octanol–water partition coefficient (Wildman–Crippen LogP) is 3.90. The lowest BCUT2D eigenvalue weighted by molar-refractivity contribution is -0.115. The summed E-state index contributed by atoms with van der Waals surface area (Å²) in [7, 11) is 0. The average Bonchev–Trinajstić information content (AvgIpc) is 3.27. The molecule has 2 N–H and O–H groups in total. The van der Waals surface area contributed by atoms with Crippen molar-refractivity contribution in [1.82, 2.24) is 10.2 Å². The Morgan fingerprint density at radius 3 is 3.08 bits per heavy atom. The number of para-hydroxylation sites is 1. The van der Waals surface area contributed by atoms with Gasteiger partial charge in [-0.15, -0.1) is 10.2 Å². The molecule has 0 bridgehead atoms.